The molecule has 1 amide bonds. The summed E-state index contributed by atoms with van der Waals surface area (Å²) in [7, 11) is 1.68. The number of halogens is 1. The number of ether oxygens (including phenoxy) is 2. The van der Waals surface area contributed by atoms with Gasteiger partial charge in [-0.25, -0.2) is 0 Å². The van der Waals surface area contributed by atoms with Crippen molar-refractivity contribution in [3.8, 4) is 0 Å². The third-order valence-electron chi connectivity index (χ3n) is 7.46. The number of fused-ring (bicyclic) bond motifs is 3. The minimum absolute atomic E-state index is 0.126. The molecular formula is C23H26ClN5O4. The number of nitrogens with zero attached hydrogens (tertiary/aromatic N) is 5. The molecule has 1 aromatic heterocycles. The van der Waals surface area contributed by atoms with Gasteiger partial charge in [0.05, 0.1) is 17.7 Å². The molecule has 0 bridgehead atoms. The van der Waals surface area contributed by atoms with Crippen molar-refractivity contribution in [3.05, 3.63) is 34.9 Å². The van der Waals surface area contributed by atoms with Crippen LogP contribution in [0.4, 0.5) is 11.4 Å². The van der Waals surface area contributed by atoms with Crippen molar-refractivity contribution >= 4 is 35.2 Å². The van der Waals surface area contributed by atoms with Gasteiger partial charge in [-0.3, -0.25) is 14.7 Å². The van der Waals surface area contributed by atoms with E-state index in [-0.39, 0.29) is 5.91 Å². The molecule has 9 nitrogen and oxygen atoms in total. The van der Waals surface area contributed by atoms with Crippen LogP contribution >= 0.6 is 11.6 Å². The van der Waals surface area contributed by atoms with Gasteiger partial charge in [0.15, 0.2) is 6.04 Å². The summed E-state index contributed by atoms with van der Waals surface area (Å²) in [6.07, 6.45) is 7.12. The molecule has 0 spiro atoms. The van der Waals surface area contributed by atoms with Gasteiger partial charge in [0.2, 0.25) is 5.82 Å². The van der Waals surface area contributed by atoms with Gasteiger partial charge in [0.25, 0.3) is 11.8 Å². The second kappa shape index (κ2) is 7.51. The van der Waals surface area contributed by atoms with Crippen LogP contribution in [0.1, 0.15) is 63.2 Å². The van der Waals surface area contributed by atoms with E-state index in [1.54, 1.807) is 18.3 Å². The second-order valence-corrected chi connectivity index (χ2v) is 9.79. The van der Waals surface area contributed by atoms with Crippen molar-refractivity contribution in [2.75, 3.05) is 23.5 Å². The number of benzene rings is 1. The maximum absolute atomic E-state index is 14.0. The van der Waals surface area contributed by atoms with Gasteiger partial charge in [-0.05, 0) is 63.6 Å². The number of aromatic nitrogens is 2. The Morgan fingerprint density at radius 1 is 1.18 bits per heavy atom. The standard InChI is InChI=1S/C23H26ClN5O4/c1-22(8-5-11-32-22)29-16-12-14(24)6-7-15(16)28-13-25-17(18(28)20(29)30)19-26-21(27-33-19)23(31-2)9-3-4-10-23/h6-7,12-13,17-18H,3-5,8-11H2,1-2H3. The van der Waals surface area contributed by atoms with E-state index in [0.717, 1.165) is 49.9 Å². The molecular weight excluding hydrogens is 446 g/mol. The highest BCUT2D eigenvalue weighted by Gasteiger charge is 2.54. The fourth-order valence-corrected chi connectivity index (χ4v) is 5.86. The Hall–Kier alpha value is -2.49. The molecule has 6 rings (SSSR count). The molecule has 1 aliphatic carbocycles. The lowest BCUT2D eigenvalue weighted by atomic mass is 9.97. The van der Waals surface area contributed by atoms with Gasteiger partial charge >= 0.3 is 0 Å². The molecule has 0 N–H and O–H groups in total. The van der Waals surface area contributed by atoms with E-state index in [2.05, 4.69) is 15.1 Å². The normalized spacial score (nSPS) is 30.2. The van der Waals surface area contributed by atoms with Crippen molar-refractivity contribution in [2.24, 2.45) is 4.99 Å². The van der Waals surface area contributed by atoms with E-state index in [0.29, 0.717) is 23.3 Å². The highest BCUT2D eigenvalue weighted by molar-refractivity contribution is 6.31. The van der Waals surface area contributed by atoms with Crippen molar-refractivity contribution in [2.45, 2.75) is 68.9 Å². The number of carbonyl (C=O) groups excluding carboxylic acids is 1. The molecule has 4 heterocycles. The van der Waals surface area contributed by atoms with Crippen LogP contribution < -0.4 is 9.80 Å². The van der Waals surface area contributed by atoms with Gasteiger partial charge in [-0.2, -0.15) is 4.98 Å². The monoisotopic (exact) mass is 471 g/mol. The molecule has 3 aliphatic heterocycles. The number of hydrogen-bond donors (Lipinski definition) is 0. The molecule has 3 atom stereocenters. The highest BCUT2D eigenvalue weighted by atomic mass is 35.5. The van der Waals surface area contributed by atoms with E-state index in [4.69, 9.17) is 25.6 Å². The molecule has 33 heavy (non-hydrogen) atoms. The first-order valence-electron chi connectivity index (χ1n) is 11.4. The zero-order valence-electron chi connectivity index (χ0n) is 18.7. The second-order valence-electron chi connectivity index (χ2n) is 9.36. The summed E-state index contributed by atoms with van der Waals surface area (Å²) in [4.78, 5) is 26.9. The third kappa shape index (κ3) is 3.05. The number of methoxy groups -OCH3 is 1. The third-order valence-corrected chi connectivity index (χ3v) is 7.69. The Morgan fingerprint density at radius 2 is 2.00 bits per heavy atom. The minimum Gasteiger partial charge on any atom is -0.370 e. The first-order chi connectivity index (χ1) is 16.0. The zero-order chi connectivity index (χ0) is 22.8. The van der Waals surface area contributed by atoms with Crippen molar-refractivity contribution in [1.29, 1.82) is 0 Å². The molecule has 2 fully saturated rings. The van der Waals surface area contributed by atoms with Gasteiger partial charge in [0.1, 0.15) is 17.4 Å². The van der Waals surface area contributed by atoms with Crippen LogP contribution in [0.25, 0.3) is 0 Å². The lowest BCUT2D eigenvalue weighted by Gasteiger charge is -2.46. The Bertz CT molecular complexity index is 1120. The van der Waals surface area contributed by atoms with Crippen molar-refractivity contribution in [3.63, 3.8) is 0 Å². The molecule has 3 unspecified atom stereocenters. The van der Waals surface area contributed by atoms with Crippen molar-refractivity contribution in [1.82, 2.24) is 10.1 Å². The first-order valence-corrected chi connectivity index (χ1v) is 11.8. The van der Waals surface area contributed by atoms with Crippen LogP contribution in [0.15, 0.2) is 27.7 Å². The summed E-state index contributed by atoms with van der Waals surface area (Å²) in [5.41, 5.74) is 0.284. The lowest BCUT2D eigenvalue weighted by Crippen LogP contribution is -2.60. The predicted octanol–water partition coefficient (Wildman–Crippen LogP) is 3.97. The molecule has 174 valence electrons. The molecule has 1 saturated carbocycles. The summed E-state index contributed by atoms with van der Waals surface area (Å²) in [6, 6.07) is 4.28. The number of rotatable bonds is 4. The first kappa shape index (κ1) is 21.1. The maximum atomic E-state index is 14.0. The SMILES string of the molecule is COC1(c2noc(C3N=CN4c5ccc(Cl)cc5N(C5(C)CCCO5)C(=O)C34)n2)CCCC1. The Balaban J connectivity index is 1.40. The summed E-state index contributed by atoms with van der Waals surface area (Å²) >= 11 is 6.32. The van der Waals surface area contributed by atoms with Crippen LogP contribution in [-0.4, -0.2) is 47.9 Å². The average molecular weight is 472 g/mol. The van der Waals surface area contributed by atoms with Crippen molar-refractivity contribution < 1.29 is 18.8 Å². The summed E-state index contributed by atoms with van der Waals surface area (Å²) in [5, 5.41) is 4.80. The van der Waals surface area contributed by atoms with Gasteiger partial charge in [0, 0.05) is 18.7 Å². The predicted molar refractivity (Wildman–Crippen MR) is 121 cm³/mol. The zero-order valence-corrected chi connectivity index (χ0v) is 19.4. The Kier molecular flexibility index (Phi) is 4.80. The number of carbonyl (C=O) groups is 1. The molecule has 10 heteroatoms. The number of amides is 1. The van der Waals surface area contributed by atoms with Gasteiger partial charge < -0.3 is 18.9 Å². The smallest absolute Gasteiger partial charge is 0.255 e. The quantitative estimate of drug-likeness (QED) is 0.665. The van der Waals surface area contributed by atoms with E-state index >= 15 is 0 Å². The van der Waals surface area contributed by atoms with Gasteiger partial charge in [-0.1, -0.05) is 16.8 Å². The topological polar surface area (TPSA) is 93.3 Å². The molecule has 4 aliphatic rings. The summed E-state index contributed by atoms with van der Waals surface area (Å²) < 4.78 is 17.6. The van der Waals surface area contributed by atoms with Crippen LogP contribution in [0.5, 0.6) is 0 Å². The summed E-state index contributed by atoms with van der Waals surface area (Å²) in [5.74, 6) is 0.726. The Labute approximate surface area is 196 Å². The van der Waals surface area contributed by atoms with Gasteiger partial charge in [-0.15, -0.1) is 0 Å². The minimum atomic E-state index is -0.750. The molecule has 2 aromatic rings. The molecule has 1 saturated heterocycles. The van der Waals surface area contributed by atoms with Crippen LogP contribution in [-0.2, 0) is 19.9 Å². The number of anilines is 2. The molecule has 0 radical (unpaired) electrons. The number of hydrogen-bond acceptors (Lipinski definition) is 8. The van der Waals surface area contributed by atoms with E-state index in [1.807, 2.05) is 30.0 Å². The van der Waals surface area contributed by atoms with Crippen LogP contribution in [0, 0.1) is 0 Å². The average Bonchev–Trinajstić information content (AvgIpc) is 3.59. The fourth-order valence-electron chi connectivity index (χ4n) is 5.69. The van der Waals surface area contributed by atoms with E-state index in [9.17, 15) is 4.79 Å². The summed E-state index contributed by atoms with van der Waals surface area (Å²) in [6.45, 7) is 2.56. The Morgan fingerprint density at radius 3 is 2.73 bits per heavy atom. The van der Waals surface area contributed by atoms with Crippen LogP contribution in [0.3, 0.4) is 0 Å². The van der Waals surface area contributed by atoms with E-state index < -0.39 is 23.4 Å². The largest absolute Gasteiger partial charge is 0.370 e. The van der Waals surface area contributed by atoms with Crippen LogP contribution in [0.2, 0.25) is 5.02 Å². The number of aliphatic imine (C=N–C) groups is 1. The lowest BCUT2D eigenvalue weighted by molar-refractivity contribution is -0.125. The fraction of sp³-hybridized carbons (Fsp3) is 0.565. The highest BCUT2D eigenvalue weighted by Crippen LogP contribution is 2.48. The van der Waals surface area contributed by atoms with E-state index in [1.165, 1.54) is 0 Å². The molecule has 1 aromatic carbocycles. The maximum Gasteiger partial charge on any atom is 0.255 e.